The highest BCUT2D eigenvalue weighted by Gasteiger charge is 2.20. The molecule has 0 aliphatic carbocycles. The number of rotatable bonds is 6. The predicted molar refractivity (Wildman–Crippen MR) is 59.5 cm³/mol. The SMILES string of the molecule is CC(=O)CCCCCN1C(=O)C=CC1C. The monoisotopic (exact) mass is 209 g/mol. The number of carbonyl (C=O) groups excluding carboxylic acids is 2. The van der Waals surface area contributed by atoms with Gasteiger partial charge in [-0.05, 0) is 26.7 Å². The molecule has 3 heteroatoms. The van der Waals surface area contributed by atoms with E-state index in [1.165, 1.54) is 0 Å². The van der Waals surface area contributed by atoms with Crippen LogP contribution in [-0.2, 0) is 9.59 Å². The van der Waals surface area contributed by atoms with Crippen LogP contribution < -0.4 is 0 Å². The molecule has 0 bridgehead atoms. The van der Waals surface area contributed by atoms with E-state index < -0.39 is 0 Å². The van der Waals surface area contributed by atoms with Gasteiger partial charge in [-0.15, -0.1) is 0 Å². The number of hydrogen-bond acceptors (Lipinski definition) is 2. The number of unbranched alkanes of at least 4 members (excludes halogenated alkanes) is 2. The van der Waals surface area contributed by atoms with Crippen LogP contribution in [0.4, 0.5) is 0 Å². The Morgan fingerprint density at radius 2 is 2.13 bits per heavy atom. The highest BCUT2D eigenvalue weighted by Crippen LogP contribution is 2.12. The van der Waals surface area contributed by atoms with Gasteiger partial charge in [0.2, 0.25) is 5.91 Å². The van der Waals surface area contributed by atoms with Crippen LogP contribution in [0.5, 0.6) is 0 Å². The van der Waals surface area contributed by atoms with E-state index in [-0.39, 0.29) is 17.7 Å². The van der Waals surface area contributed by atoms with Crippen molar-refractivity contribution in [3.05, 3.63) is 12.2 Å². The number of Topliss-reactive ketones (excluding diaryl/α,β-unsaturated/α-hetero) is 1. The lowest BCUT2D eigenvalue weighted by Gasteiger charge is -2.21. The molecule has 0 spiro atoms. The third kappa shape index (κ3) is 3.86. The summed E-state index contributed by atoms with van der Waals surface area (Å²) in [5, 5.41) is 0. The van der Waals surface area contributed by atoms with E-state index in [0.29, 0.717) is 6.42 Å². The molecule has 0 saturated heterocycles. The molecule has 3 nitrogen and oxygen atoms in total. The van der Waals surface area contributed by atoms with Gasteiger partial charge < -0.3 is 9.69 Å². The summed E-state index contributed by atoms with van der Waals surface area (Å²) in [5.74, 6) is 0.372. The number of amides is 1. The number of hydrogen-bond donors (Lipinski definition) is 0. The zero-order valence-corrected chi connectivity index (χ0v) is 9.53. The molecular formula is C12H19NO2. The van der Waals surface area contributed by atoms with E-state index in [4.69, 9.17) is 0 Å². The maximum absolute atomic E-state index is 11.3. The summed E-state index contributed by atoms with van der Waals surface area (Å²) >= 11 is 0. The average molecular weight is 209 g/mol. The molecule has 0 fully saturated rings. The van der Waals surface area contributed by atoms with Crippen LogP contribution in [-0.4, -0.2) is 29.2 Å². The van der Waals surface area contributed by atoms with Gasteiger partial charge in [-0.1, -0.05) is 12.5 Å². The largest absolute Gasteiger partial charge is 0.333 e. The maximum Gasteiger partial charge on any atom is 0.246 e. The van der Waals surface area contributed by atoms with Crippen molar-refractivity contribution in [2.24, 2.45) is 0 Å². The summed E-state index contributed by atoms with van der Waals surface area (Å²) in [5.41, 5.74) is 0. The van der Waals surface area contributed by atoms with E-state index in [2.05, 4.69) is 0 Å². The van der Waals surface area contributed by atoms with Crippen LogP contribution in [0.3, 0.4) is 0 Å². The third-order valence-corrected chi connectivity index (χ3v) is 2.72. The fourth-order valence-corrected chi connectivity index (χ4v) is 1.77. The molecule has 0 radical (unpaired) electrons. The minimum Gasteiger partial charge on any atom is -0.333 e. The molecule has 0 saturated carbocycles. The Hall–Kier alpha value is -1.12. The van der Waals surface area contributed by atoms with Crippen LogP contribution in [0.25, 0.3) is 0 Å². The second-order valence-corrected chi connectivity index (χ2v) is 4.14. The van der Waals surface area contributed by atoms with Gasteiger partial charge in [0.15, 0.2) is 0 Å². The smallest absolute Gasteiger partial charge is 0.246 e. The summed E-state index contributed by atoms with van der Waals surface area (Å²) in [6.07, 6.45) is 7.19. The van der Waals surface area contributed by atoms with Gasteiger partial charge in [0.05, 0.1) is 0 Å². The second kappa shape index (κ2) is 5.69. The van der Waals surface area contributed by atoms with Crippen molar-refractivity contribution in [3.63, 3.8) is 0 Å². The minimum absolute atomic E-state index is 0.120. The third-order valence-electron chi connectivity index (χ3n) is 2.72. The number of ketones is 1. The van der Waals surface area contributed by atoms with E-state index in [1.807, 2.05) is 17.9 Å². The summed E-state index contributed by atoms with van der Waals surface area (Å²) in [6.45, 7) is 4.46. The van der Waals surface area contributed by atoms with E-state index >= 15 is 0 Å². The first kappa shape index (κ1) is 12.0. The highest BCUT2D eigenvalue weighted by atomic mass is 16.2. The first-order chi connectivity index (χ1) is 7.11. The van der Waals surface area contributed by atoms with Crippen molar-refractivity contribution in [2.75, 3.05) is 6.54 Å². The first-order valence-electron chi connectivity index (χ1n) is 5.59. The minimum atomic E-state index is 0.120. The lowest BCUT2D eigenvalue weighted by Crippen LogP contribution is -2.32. The molecule has 0 aromatic heterocycles. The number of nitrogens with zero attached hydrogens (tertiary/aromatic N) is 1. The van der Waals surface area contributed by atoms with Gasteiger partial charge in [0.1, 0.15) is 5.78 Å². The molecule has 1 aliphatic rings. The summed E-state index contributed by atoms with van der Waals surface area (Å²) in [6, 6.07) is 0.241. The van der Waals surface area contributed by atoms with Gasteiger partial charge in [0.25, 0.3) is 0 Å². The van der Waals surface area contributed by atoms with Crippen molar-refractivity contribution < 1.29 is 9.59 Å². The van der Waals surface area contributed by atoms with Crippen LogP contribution in [0.15, 0.2) is 12.2 Å². The lowest BCUT2D eigenvalue weighted by atomic mass is 10.1. The molecule has 0 N–H and O–H groups in total. The molecule has 1 aliphatic heterocycles. The Bertz CT molecular complexity index is 271. The fourth-order valence-electron chi connectivity index (χ4n) is 1.77. The van der Waals surface area contributed by atoms with E-state index in [1.54, 1.807) is 13.0 Å². The molecule has 1 unspecified atom stereocenters. The normalized spacial score (nSPS) is 20.0. The van der Waals surface area contributed by atoms with Gasteiger partial charge in [-0.3, -0.25) is 4.79 Å². The predicted octanol–water partition coefficient (Wildman–Crippen LogP) is 1.92. The zero-order chi connectivity index (χ0) is 11.3. The maximum atomic E-state index is 11.3. The fraction of sp³-hybridized carbons (Fsp3) is 0.667. The highest BCUT2D eigenvalue weighted by molar-refractivity contribution is 5.90. The molecular weight excluding hydrogens is 190 g/mol. The topological polar surface area (TPSA) is 37.4 Å². The molecule has 1 atom stereocenters. The average Bonchev–Trinajstić information content (AvgIpc) is 2.47. The summed E-state index contributed by atoms with van der Waals surface area (Å²) in [4.78, 5) is 23.9. The molecule has 84 valence electrons. The second-order valence-electron chi connectivity index (χ2n) is 4.14. The van der Waals surface area contributed by atoms with Gasteiger partial charge >= 0.3 is 0 Å². The molecule has 0 aromatic rings. The van der Waals surface area contributed by atoms with Crippen LogP contribution in [0.1, 0.15) is 39.5 Å². The standard InChI is InChI=1S/C12H19NO2/c1-10-7-8-12(15)13(10)9-5-3-4-6-11(2)14/h7-8,10H,3-6,9H2,1-2H3. The van der Waals surface area contributed by atoms with Crippen LogP contribution in [0.2, 0.25) is 0 Å². The Balaban J connectivity index is 2.10. The molecule has 0 aromatic carbocycles. The van der Waals surface area contributed by atoms with E-state index in [0.717, 1.165) is 25.8 Å². The van der Waals surface area contributed by atoms with E-state index in [9.17, 15) is 9.59 Å². The zero-order valence-electron chi connectivity index (χ0n) is 9.53. The molecule has 1 rings (SSSR count). The first-order valence-corrected chi connectivity index (χ1v) is 5.59. The van der Waals surface area contributed by atoms with Gasteiger partial charge in [-0.2, -0.15) is 0 Å². The molecule has 15 heavy (non-hydrogen) atoms. The van der Waals surface area contributed by atoms with Crippen molar-refractivity contribution in [3.8, 4) is 0 Å². The Labute approximate surface area is 91.1 Å². The Morgan fingerprint density at radius 3 is 2.67 bits per heavy atom. The van der Waals surface area contributed by atoms with Crippen molar-refractivity contribution in [1.82, 2.24) is 4.90 Å². The molecule has 1 heterocycles. The quantitative estimate of drug-likeness (QED) is 0.627. The Kier molecular flexibility index (Phi) is 4.53. The lowest BCUT2D eigenvalue weighted by molar-refractivity contribution is -0.126. The van der Waals surface area contributed by atoms with Crippen LogP contribution in [0, 0.1) is 0 Å². The van der Waals surface area contributed by atoms with Gasteiger partial charge in [-0.25, -0.2) is 0 Å². The van der Waals surface area contributed by atoms with Crippen molar-refractivity contribution >= 4 is 11.7 Å². The van der Waals surface area contributed by atoms with Crippen LogP contribution >= 0.6 is 0 Å². The summed E-state index contributed by atoms with van der Waals surface area (Å²) in [7, 11) is 0. The summed E-state index contributed by atoms with van der Waals surface area (Å²) < 4.78 is 0. The molecule has 1 amide bonds. The van der Waals surface area contributed by atoms with Gasteiger partial charge in [0, 0.05) is 25.1 Å². The van der Waals surface area contributed by atoms with Crippen molar-refractivity contribution in [2.45, 2.75) is 45.6 Å². The Morgan fingerprint density at radius 1 is 1.40 bits per heavy atom. The number of carbonyl (C=O) groups is 2. The van der Waals surface area contributed by atoms with Crippen molar-refractivity contribution in [1.29, 1.82) is 0 Å².